The van der Waals surface area contributed by atoms with Crippen molar-refractivity contribution in [2.75, 3.05) is 9.80 Å². The first-order chi connectivity index (χ1) is 67.4. The Kier molecular flexibility index (Phi) is 8.59. The lowest BCUT2D eigenvalue weighted by Crippen LogP contribution is -2.61. The van der Waals surface area contributed by atoms with E-state index in [1.165, 1.54) is 13.7 Å². The molecule has 0 fully saturated rings. The molecule has 16 aromatic carbocycles. The molecule has 0 N–H and O–H groups in total. The van der Waals surface area contributed by atoms with Crippen LogP contribution in [0.2, 0.25) is 0 Å². The summed E-state index contributed by atoms with van der Waals surface area (Å²) in [7, 11) is 0. The summed E-state index contributed by atoms with van der Waals surface area (Å²) >= 11 is 0. The molecular weight excluding hydrogens is 1380 g/mol. The summed E-state index contributed by atoms with van der Waals surface area (Å²) in [4.78, 5) is 3.66. The molecule has 8 heterocycles. The molecule has 0 bridgehead atoms. The molecule has 0 radical (unpaired) electrons. The monoisotopic (exact) mass is 1480 g/mol. The summed E-state index contributed by atoms with van der Waals surface area (Å²) in [6.45, 7) is 11.8. The van der Waals surface area contributed by atoms with E-state index in [9.17, 15) is 30.2 Å². The van der Waals surface area contributed by atoms with Crippen molar-refractivity contribution in [2.45, 2.75) is 52.4 Å². The first kappa shape index (κ1) is 41.7. The minimum absolute atomic E-state index is 0.00934. The fraction of sp³-hybridized carbons (Fsp3) is 0.0769. The van der Waals surface area contributed by atoms with Crippen LogP contribution in [-0.4, -0.2) is 25.0 Å². The van der Waals surface area contributed by atoms with Crippen LogP contribution in [-0.2, 0) is 10.8 Å². The fourth-order valence-electron chi connectivity index (χ4n) is 17.8. The van der Waals surface area contributed by atoms with Gasteiger partial charge in [-0.15, -0.1) is 0 Å². The van der Waals surface area contributed by atoms with Gasteiger partial charge in [0.1, 0.15) is 0 Å². The predicted octanol–water partition coefficient (Wildman–Crippen LogP) is 26.2. The van der Waals surface area contributed by atoms with Crippen molar-refractivity contribution in [1.29, 1.82) is 0 Å². The van der Waals surface area contributed by atoms with Crippen molar-refractivity contribution >= 4 is 188 Å². The molecule has 0 spiro atoms. The highest BCUT2D eigenvalue weighted by atomic mass is 16.3. The molecule has 2 aliphatic heterocycles. The van der Waals surface area contributed by atoms with E-state index < -0.39 is 182 Å². The quantitative estimate of drug-likeness (QED) is 0.149. The molecule has 534 valence electrons. The van der Waals surface area contributed by atoms with Gasteiger partial charge in [0, 0.05) is 93.1 Å². The number of nitrogens with zero attached hydrogens (tertiary/aromatic N) is 6. The van der Waals surface area contributed by atoms with Gasteiger partial charge in [-0.1, -0.05) is 259 Å². The van der Waals surface area contributed by atoms with Gasteiger partial charge in [-0.2, -0.15) is 0 Å². The second kappa shape index (κ2) is 23.3. The number of hydrogen-bond acceptors (Lipinski definition) is 4. The van der Waals surface area contributed by atoms with E-state index in [2.05, 4.69) is 82.5 Å². The molecule has 0 atom stereocenters. The fourth-order valence-corrected chi connectivity index (χ4v) is 17.8. The van der Waals surface area contributed by atoms with Crippen LogP contribution in [0.15, 0.2) is 342 Å². The van der Waals surface area contributed by atoms with Crippen LogP contribution in [0.5, 0.6) is 0 Å². The Morgan fingerprint density at radius 2 is 0.602 bits per heavy atom. The molecule has 0 saturated heterocycles. The molecule has 0 amide bonds. The third-order valence-electron chi connectivity index (χ3n) is 22.9. The average Bonchev–Trinajstić information content (AvgIpc) is 1.40. The van der Waals surface area contributed by atoms with Crippen LogP contribution in [0.1, 0.15) is 92.4 Å². The summed E-state index contributed by atoms with van der Waals surface area (Å²) in [5.74, 6) is 0. The lowest BCUT2D eigenvalue weighted by Gasteiger charge is -2.44. The molecule has 113 heavy (non-hydrogen) atoms. The number of hydrogen-bond donors (Lipinski definition) is 0. The standard InChI is InChI=1S/C104H73BN6O2/c1-103(2,3)64-49-54-88-78(57-64)79-58-65(104(4,5)6)50-55-89(79)109(88)91-45-23-35-75-76-36-24-46-92(101(76)113-100(75)91)110-94-56-63(62-26-8-7-9-27-62)48-52-80(94)105-81-53-51-66(106-82-38-16-10-28-68(82)69-29-11-17-39-83(69)106)59-95(81)111(97-61-67(60-96(110)98(97)105)107-84-40-18-12-30-70(84)71-31-13-19-41-85(71)107)93-47-25-37-77-74-34-22-44-90(99(74)112-102(77)93)108-86-42-20-14-32-72(86)73-33-15-21-43-87(73)108/h7-61H,1-6H3/i7D,8D,9D,10D,11D,12D,13D,14D,15D,16D,17D,18D,19D,20D,21D,26D,27D,28D,29D,30D,31D,32D,33D,38D,39D,40D,41D,42D,43D. The maximum atomic E-state index is 10.2. The lowest BCUT2D eigenvalue weighted by atomic mass is 9.33. The van der Waals surface area contributed by atoms with Crippen LogP contribution >= 0.6 is 0 Å². The minimum Gasteiger partial charge on any atom is -0.452 e. The average molecular weight is 1480 g/mol. The normalized spacial score (nSPS) is 16.8. The van der Waals surface area contributed by atoms with Crippen LogP contribution in [0, 0.1) is 0 Å². The van der Waals surface area contributed by atoms with Crippen molar-refractivity contribution in [1.82, 2.24) is 18.3 Å². The Balaban J connectivity index is 0.888. The molecule has 24 rings (SSSR count). The zero-order valence-electron chi connectivity index (χ0n) is 90.1. The van der Waals surface area contributed by atoms with Gasteiger partial charge in [0.2, 0.25) is 0 Å². The summed E-state index contributed by atoms with van der Waals surface area (Å²) in [5.41, 5.74) is 5.33. The zero-order valence-corrected chi connectivity index (χ0v) is 61.1. The molecule has 2 aliphatic rings. The Bertz CT molecular complexity index is 9430. The van der Waals surface area contributed by atoms with Crippen molar-refractivity contribution in [3.05, 3.63) is 344 Å². The van der Waals surface area contributed by atoms with Gasteiger partial charge in [0.05, 0.1) is 112 Å². The molecule has 6 aromatic heterocycles. The third-order valence-corrected chi connectivity index (χ3v) is 22.9. The lowest BCUT2D eigenvalue weighted by molar-refractivity contribution is 0.590. The number of benzene rings is 16. The Morgan fingerprint density at radius 1 is 0.257 bits per heavy atom. The largest absolute Gasteiger partial charge is 0.452 e. The summed E-state index contributed by atoms with van der Waals surface area (Å²) < 4.78 is 297. The van der Waals surface area contributed by atoms with Crippen molar-refractivity contribution in [3.63, 3.8) is 0 Å². The smallest absolute Gasteiger partial charge is 0.252 e. The van der Waals surface area contributed by atoms with Gasteiger partial charge < -0.3 is 36.9 Å². The molecule has 22 aromatic rings. The van der Waals surface area contributed by atoms with E-state index in [0.717, 1.165) is 32.9 Å². The van der Waals surface area contributed by atoms with Crippen LogP contribution in [0.25, 0.3) is 165 Å². The predicted molar refractivity (Wildman–Crippen MR) is 475 cm³/mol. The molecule has 0 aliphatic carbocycles. The molecule has 0 saturated carbocycles. The van der Waals surface area contributed by atoms with Crippen molar-refractivity contribution in [3.8, 4) is 33.9 Å². The van der Waals surface area contributed by atoms with E-state index in [-0.39, 0.29) is 155 Å². The van der Waals surface area contributed by atoms with E-state index in [4.69, 9.17) is 18.4 Å². The zero-order chi connectivity index (χ0) is 100. The Morgan fingerprint density at radius 3 is 1.03 bits per heavy atom. The van der Waals surface area contributed by atoms with Crippen molar-refractivity contribution in [2.24, 2.45) is 0 Å². The van der Waals surface area contributed by atoms with Gasteiger partial charge in [-0.3, -0.25) is 0 Å². The van der Waals surface area contributed by atoms with E-state index >= 15 is 0 Å². The molecular formula is C104H73BN6O2. The maximum Gasteiger partial charge on any atom is 0.252 e. The van der Waals surface area contributed by atoms with Gasteiger partial charge in [-0.25, -0.2) is 0 Å². The second-order valence-corrected chi connectivity index (χ2v) is 31.0. The van der Waals surface area contributed by atoms with Gasteiger partial charge >= 0.3 is 0 Å². The van der Waals surface area contributed by atoms with Gasteiger partial charge in [0.25, 0.3) is 6.71 Å². The van der Waals surface area contributed by atoms with Crippen molar-refractivity contribution < 1.29 is 48.6 Å². The number of aromatic nitrogens is 4. The second-order valence-electron chi connectivity index (χ2n) is 31.0. The summed E-state index contributed by atoms with van der Waals surface area (Å²) in [6.07, 6.45) is 0. The highest BCUT2D eigenvalue weighted by molar-refractivity contribution is 7.00. The van der Waals surface area contributed by atoms with Gasteiger partial charge in [0.15, 0.2) is 22.3 Å². The molecule has 0 unspecified atom stereocenters. The number of furan rings is 2. The number of rotatable bonds is 7. The molecule has 9 heteroatoms. The topological polar surface area (TPSA) is 52.5 Å². The first-order valence-electron chi connectivity index (χ1n) is 51.5. The summed E-state index contributed by atoms with van der Waals surface area (Å²) in [6, 6.07) is 28.7. The van der Waals surface area contributed by atoms with Gasteiger partial charge in [-0.05, 0) is 165 Å². The van der Waals surface area contributed by atoms with Crippen LogP contribution in [0.4, 0.5) is 34.1 Å². The van der Waals surface area contributed by atoms with E-state index in [1.54, 1.807) is 89.8 Å². The van der Waals surface area contributed by atoms with Crippen LogP contribution < -0.4 is 26.2 Å². The van der Waals surface area contributed by atoms with Crippen LogP contribution in [0.3, 0.4) is 0 Å². The Labute approximate surface area is 692 Å². The van der Waals surface area contributed by atoms with E-state index in [0.29, 0.717) is 49.2 Å². The number of anilines is 6. The maximum absolute atomic E-state index is 10.2. The van der Waals surface area contributed by atoms with E-state index in [1.807, 2.05) is 41.3 Å². The highest BCUT2D eigenvalue weighted by Gasteiger charge is 2.46. The Hall–Kier alpha value is -14.0. The SMILES string of the molecule is [2H]c1c([2H])c([2H])c(-c2ccc3c(c2)N(c2cccc4c2oc2c(-n5c6ccc(C(C)(C)C)cc6c6cc(C(C)(C)C)ccc65)cccc24)c2cc(-n4c5c([2H])c([2H])c([2H])c([2H])c5c5c([2H])c([2H])c([2H])c([2H])c54)cc4c2B3c2ccc(-n3c5c([2H])c([2H])c([2H])c([2H])c5c5c([2H])c([2H])c([2H])c([2H])c53)cc2N4c2cccc3c2oc2c(-n4c5c([2H])c([2H])c([2H])c([2H])c5c5c([2H])c([2H])c([2H])c([2H])c54)cccc23)c([2H])c1[2H]. The first-order valence-corrected chi connectivity index (χ1v) is 37.0. The summed E-state index contributed by atoms with van der Waals surface area (Å²) in [5, 5.41) is 2.28. The number of para-hydroxylation sites is 10. The third kappa shape index (κ3) is 9.04. The highest BCUT2D eigenvalue weighted by Crippen LogP contribution is 2.53. The minimum atomic E-state index is -1.16. The number of fused-ring (bicyclic) bond motifs is 22. The molecule has 8 nitrogen and oxygen atoms in total.